The largest absolute Gasteiger partial charge is 0.492 e. The standard InChI is InChI=1S/C18H21FN2O3/c1-13(2)24-17-9-4-3-8-16(17)21-18(22)20-10-11-23-15-7-5-6-14(19)12-15/h3-9,12-13H,10-11H2,1-2H3,(H2,20,21,22). The first-order valence-corrected chi connectivity index (χ1v) is 7.73. The number of ether oxygens (including phenoxy) is 2. The Bertz CT molecular complexity index is 677. The van der Waals surface area contributed by atoms with Gasteiger partial charge in [0.2, 0.25) is 0 Å². The number of carbonyl (C=O) groups is 1. The summed E-state index contributed by atoms with van der Waals surface area (Å²) in [5.41, 5.74) is 0.592. The minimum absolute atomic E-state index is 0.00989. The zero-order valence-electron chi connectivity index (χ0n) is 13.7. The molecule has 0 aliphatic heterocycles. The molecule has 0 aliphatic rings. The van der Waals surface area contributed by atoms with Crippen LogP contribution in [-0.4, -0.2) is 25.3 Å². The predicted molar refractivity (Wildman–Crippen MR) is 91.1 cm³/mol. The first kappa shape index (κ1) is 17.6. The number of nitrogens with one attached hydrogen (secondary N) is 2. The highest BCUT2D eigenvalue weighted by Crippen LogP contribution is 2.24. The number of hydrogen-bond acceptors (Lipinski definition) is 3. The van der Waals surface area contributed by atoms with Gasteiger partial charge >= 0.3 is 6.03 Å². The predicted octanol–water partition coefficient (Wildman–Crippen LogP) is 3.81. The minimum Gasteiger partial charge on any atom is -0.492 e. The van der Waals surface area contributed by atoms with Crippen LogP contribution in [0.1, 0.15) is 13.8 Å². The summed E-state index contributed by atoms with van der Waals surface area (Å²) in [4.78, 5) is 11.9. The Labute approximate surface area is 140 Å². The Hall–Kier alpha value is -2.76. The number of urea groups is 1. The van der Waals surface area contributed by atoms with Crippen LogP contribution < -0.4 is 20.1 Å². The lowest BCUT2D eigenvalue weighted by Gasteiger charge is -2.15. The van der Waals surface area contributed by atoms with E-state index in [1.165, 1.54) is 12.1 Å². The second kappa shape index (κ2) is 8.76. The molecule has 2 rings (SSSR count). The second-order valence-electron chi connectivity index (χ2n) is 5.35. The quantitative estimate of drug-likeness (QED) is 0.758. The average molecular weight is 332 g/mol. The van der Waals surface area contributed by atoms with Gasteiger partial charge in [0.15, 0.2) is 0 Å². The van der Waals surface area contributed by atoms with Gasteiger partial charge in [-0.15, -0.1) is 0 Å². The lowest BCUT2D eigenvalue weighted by Crippen LogP contribution is -2.32. The molecular formula is C18H21FN2O3. The highest BCUT2D eigenvalue weighted by molar-refractivity contribution is 5.90. The molecule has 0 bridgehead atoms. The monoisotopic (exact) mass is 332 g/mol. The van der Waals surface area contributed by atoms with Crippen molar-refractivity contribution in [1.29, 1.82) is 0 Å². The molecule has 0 fully saturated rings. The third kappa shape index (κ3) is 5.79. The molecule has 2 aromatic carbocycles. The van der Waals surface area contributed by atoms with Crippen molar-refractivity contribution in [2.24, 2.45) is 0 Å². The Kier molecular flexibility index (Phi) is 6.42. The first-order chi connectivity index (χ1) is 11.5. The maximum absolute atomic E-state index is 13.0. The third-order valence-electron chi connectivity index (χ3n) is 2.95. The van der Waals surface area contributed by atoms with E-state index in [1.54, 1.807) is 24.3 Å². The molecule has 2 aromatic rings. The summed E-state index contributed by atoms with van der Waals surface area (Å²) in [7, 11) is 0. The van der Waals surface area contributed by atoms with Crippen molar-refractivity contribution in [3.63, 3.8) is 0 Å². The molecule has 128 valence electrons. The van der Waals surface area contributed by atoms with Crippen LogP contribution >= 0.6 is 0 Å². The lowest BCUT2D eigenvalue weighted by atomic mass is 10.3. The van der Waals surface area contributed by atoms with Crippen molar-refractivity contribution >= 4 is 11.7 Å². The van der Waals surface area contributed by atoms with Gasteiger partial charge in [0.25, 0.3) is 0 Å². The fourth-order valence-corrected chi connectivity index (χ4v) is 1.98. The second-order valence-corrected chi connectivity index (χ2v) is 5.35. The SMILES string of the molecule is CC(C)Oc1ccccc1NC(=O)NCCOc1cccc(F)c1. The summed E-state index contributed by atoms with van der Waals surface area (Å²) in [5, 5.41) is 5.41. The van der Waals surface area contributed by atoms with Crippen LogP contribution in [0, 0.1) is 5.82 Å². The Balaban J connectivity index is 1.77. The zero-order valence-corrected chi connectivity index (χ0v) is 13.7. The van der Waals surface area contributed by atoms with Crippen molar-refractivity contribution in [3.8, 4) is 11.5 Å². The van der Waals surface area contributed by atoms with Crippen LogP contribution in [-0.2, 0) is 0 Å². The molecule has 0 atom stereocenters. The summed E-state index contributed by atoms with van der Waals surface area (Å²) >= 11 is 0. The number of benzene rings is 2. The summed E-state index contributed by atoms with van der Waals surface area (Å²) in [6.45, 7) is 4.36. The summed E-state index contributed by atoms with van der Waals surface area (Å²) in [6.07, 6.45) is 0.00989. The summed E-state index contributed by atoms with van der Waals surface area (Å²) < 4.78 is 24.0. The van der Waals surface area contributed by atoms with Crippen molar-refractivity contribution in [1.82, 2.24) is 5.32 Å². The zero-order chi connectivity index (χ0) is 17.4. The topological polar surface area (TPSA) is 59.6 Å². The molecule has 0 unspecified atom stereocenters. The van der Waals surface area contributed by atoms with Crippen LogP contribution in [0.5, 0.6) is 11.5 Å². The molecule has 0 saturated carbocycles. The number of anilines is 1. The number of para-hydroxylation sites is 2. The van der Waals surface area contributed by atoms with E-state index in [2.05, 4.69) is 10.6 Å². The first-order valence-electron chi connectivity index (χ1n) is 7.73. The number of rotatable bonds is 7. The average Bonchev–Trinajstić information content (AvgIpc) is 2.53. The van der Waals surface area contributed by atoms with Crippen LogP contribution in [0.4, 0.5) is 14.9 Å². The van der Waals surface area contributed by atoms with E-state index in [0.717, 1.165) is 0 Å². The van der Waals surface area contributed by atoms with E-state index in [-0.39, 0.29) is 31.1 Å². The van der Waals surface area contributed by atoms with Gasteiger partial charge in [-0.1, -0.05) is 18.2 Å². The molecule has 0 heterocycles. The molecule has 2 N–H and O–H groups in total. The molecule has 0 saturated heterocycles. The normalized spacial score (nSPS) is 10.3. The lowest BCUT2D eigenvalue weighted by molar-refractivity contribution is 0.240. The molecule has 5 nitrogen and oxygen atoms in total. The van der Waals surface area contributed by atoms with Crippen molar-refractivity contribution < 1.29 is 18.7 Å². The number of amides is 2. The van der Waals surface area contributed by atoms with Crippen molar-refractivity contribution in [3.05, 3.63) is 54.3 Å². The summed E-state index contributed by atoms with van der Waals surface area (Å²) in [6, 6.07) is 12.7. The minimum atomic E-state index is -0.363. The van der Waals surface area contributed by atoms with Gasteiger partial charge in [0.1, 0.15) is 23.9 Å². The van der Waals surface area contributed by atoms with Crippen LogP contribution in [0.3, 0.4) is 0 Å². The van der Waals surface area contributed by atoms with E-state index in [9.17, 15) is 9.18 Å². The van der Waals surface area contributed by atoms with Crippen molar-refractivity contribution in [2.45, 2.75) is 20.0 Å². The van der Waals surface area contributed by atoms with Crippen LogP contribution in [0.25, 0.3) is 0 Å². The molecular weight excluding hydrogens is 311 g/mol. The molecule has 6 heteroatoms. The van der Waals surface area contributed by atoms with Gasteiger partial charge in [-0.3, -0.25) is 0 Å². The van der Waals surface area contributed by atoms with Crippen molar-refractivity contribution in [2.75, 3.05) is 18.5 Å². The van der Waals surface area contributed by atoms with Crippen LogP contribution in [0.2, 0.25) is 0 Å². The van der Waals surface area contributed by atoms with E-state index >= 15 is 0 Å². The van der Waals surface area contributed by atoms with Gasteiger partial charge in [0.05, 0.1) is 18.3 Å². The van der Waals surface area contributed by atoms with Gasteiger partial charge in [-0.2, -0.15) is 0 Å². The number of hydrogen-bond donors (Lipinski definition) is 2. The highest BCUT2D eigenvalue weighted by atomic mass is 19.1. The van der Waals surface area contributed by atoms with E-state index in [1.807, 2.05) is 26.0 Å². The molecule has 0 aliphatic carbocycles. The number of halogens is 1. The smallest absolute Gasteiger partial charge is 0.319 e. The highest BCUT2D eigenvalue weighted by Gasteiger charge is 2.08. The Morgan fingerprint density at radius 1 is 1.17 bits per heavy atom. The summed E-state index contributed by atoms with van der Waals surface area (Å²) in [5.74, 6) is 0.673. The number of carbonyl (C=O) groups excluding carboxylic acids is 1. The van der Waals surface area contributed by atoms with Crippen LogP contribution in [0.15, 0.2) is 48.5 Å². The maximum Gasteiger partial charge on any atom is 0.319 e. The third-order valence-corrected chi connectivity index (χ3v) is 2.95. The molecule has 0 spiro atoms. The van der Waals surface area contributed by atoms with E-state index in [4.69, 9.17) is 9.47 Å². The fourth-order valence-electron chi connectivity index (χ4n) is 1.98. The maximum atomic E-state index is 13.0. The van der Waals surface area contributed by atoms with E-state index in [0.29, 0.717) is 17.2 Å². The van der Waals surface area contributed by atoms with Gasteiger partial charge in [-0.05, 0) is 38.1 Å². The Morgan fingerprint density at radius 2 is 1.96 bits per heavy atom. The van der Waals surface area contributed by atoms with Gasteiger partial charge in [-0.25, -0.2) is 9.18 Å². The fraction of sp³-hybridized carbons (Fsp3) is 0.278. The molecule has 0 radical (unpaired) electrons. The molecule has 0 aromatic heterocycles. The van der Waals surface area contributed by atoms with Gasteiger partial charge in [0, 0.05) is 6.07 Å². The van der Waals surface area contributed by atoms with E-state index < -0.39 is 0 Å². The molecule has 2 amide bonds. The molecule has 24 heavy (non-hydrogen) atoms. The Morgan fingerprint density at radius 3 is 2.71 bits per heavy atom. The van der Waals surface area contributed by atoms with Gasteiger partial charge < -0.3 is 20.1 Å².